The summed E-state index contributed by atoms with van der Waals surface area (Å²) in [4.78, 5) is 28.4. The van der Waals surface area contributed by atoms with Gasteiger partial charge in [-0.25, -0.2) is 4.98 Å². The number of anilines is 2. The molecule has 0 aliphatic heterocycles. The number of nitrogens with zero attached hydrogens (tertiary/aromatic N) is 1. The van der Waals surface area contributed by atoms with Crippen LogP contribution in [0.25, 0.3) is 0 Å². The van der Waals surface area contributed by atoms with Crippen LogP contribution in [0.15, 0.2) is 40.7 Å². The van der Waals surface area contributed by atoms with Crippen molar-refractivity contribution in [3.8, 4) is 0 Å². The van der Waals surface area contributed by atoms with Gasteiger partial charge in [-0.3, -0.25) is 9.59 Å². The Hall–Kier alpha value is -1.86. The number of carbonyl (C=O) groups is 2. The molecule has 2 amide bonds. The van der Waals surface area contributed by atoms with Gasteiger partial charge in [0.25, 0.3) is 0 Å². The summed E-state index contributed by atoms with van der Waals surface area (Å²) in [5, 5.41) is 8.06. The van der Waals surface area contributed by atoms with Crippen molar-refractivity contribution in [2.24, 2.45) is 5.92 Å². The summed E-state index contributed by atoms with van der Waals surface area (Å²) in [5.74, 6) is 0.547. The fourth-order valence-electron chi connectivity index (χ4n) is 1.81. The Morgan fingerprint density at radius 2 is 2.00 bits per heavy atom. The predicted octanol–water partition coefficient (Wildman–Crippen LogP) is 3.22. The summed E-state index contributed by atoms with van der Waals surface area (Å²) in [7, 11) is 0. The molecule has 0 unspecified atom stereocenters. The lowest BCUT2D eigenvalue weighted by Gasteiger charge is -2.06. The largest absolute Gasteiger partial charge is 0.326 e. The van der Waals surface area contributed by atoms with Gasteiger partial charge in [-0.15, -0.1) is 23.1 Å². The second-order valence-corrected chi connectivity index (χ2v) is 6.91. The number of thiazole rings is 1. The third kappa shape index (κ3) is 4.32. The molecule has 5 nitrogen and oxygen atoms in total. The number of benzene rings is 1. The first-order chi connectivity index (χ1) is 10.7. The van der Waals surface area contributed by atoms with E-state index in [1.165, 1.54) is 23.1 Å². The van der Waals surface area contributed by atoms with Crippen molar-refractivity contribution in [3.63, 3.8) is 0 Å². The van der Waals surface area contributed by atoms with E-state index in [1.807, 2.05) is 29.6 Å². The normalized spacial score (nSPS) is 13.6. The first-order valence-corrected chi connectivity index (χ1v) is 8.80. The fourth-order valence-corrected chi connectivity index (χ4v) is 3.06. The molecule has 1 saturated carbocycles. The lowest BCUT2D eigenvalue weighted by molar-refractivity contribution is -0.117. The first kappa shape index (κ1) is 15.1. The molecule has 3 rings (SSSR count). The molecule has 0 atom stereocenters. The van der Waals surface area contributed by atoms with Crippen molar-refractivity contribution in [2.45, 2.75) is 17.7 Å². The highest BCUT2D eigenvalue weighted by molar-refractivity contribution is 8.00. The molecule has 1 fully saturated rings. The van der Waals surface area contributed by atoms with Crippen LogP contribution in [0, 0.1) is 5.92 Å². The zero-order valence-corrected chi connectivity index (χ0v) is 13.4. The molecule has 1 aromatic heterocycles. The van der Waals surface area contributed by atoms with E-state index >= 15 is 0 Å². The fraction of sp³-hybridized carbons (Fsp3) is 0.267. The van der Waals surface area contributed by atoms with Crippen molar-refractivity contribution < 1.29 is 9.59 Å². The Morgan fingerprint density at radius 3 is 2.64 bits per heavy atom. The van der Waals surface area contributed by atoms with Gasteiger partial charge in [-0.05, 0) is 37.1 Å². The molecule has 1 aliphatic carbocycles. The molecule has 114 valence electrons. The van der Waals surface area contributed by atoms with Gasteiger partial charge in [-0.2, -0.15) is 0 Å². The Kier molecular flexibility index (Phi) is 4.74. The topological polar surface area (TPSA) is 71.1 Å². The van der Waals surface area contributed by atoms with Crippen LogP contribution in [-0.2, 0) is 9.59 Å². The van der Waals surface area contributed by atoms with E-state index in [-0.39, 0.29) is 17.7 Å². The summed E-state index contributed by atoms with van der Waals surface area (Å²) in [6.45, 7) is 0. The summed E-state index contributed by atoms with van der Waals surface area (Å²) < 4.78 is 0. The van der Waals surface area contributed by atoms with Crippen molar-refractivity contribution >= 4 is 45.7 Å². The van der Waals surface area contributed by atoms with Crippen molar-refractivity contribution in [3.05, 3.63) is 35.8 Å². The monoisotopic (exact) mass is 333 g/mol. The molecule has 2 N–H and O–H groups in total. The van der Waals surface area contributed by atoms with Gasteiger partial charge >= 0.3 is 0 Å². The molecule has 1 aromatic carbocycles. The summed E-state index contributed by atoms with van der Waals surface area (Å²) >= 11 is 2.84. The Labute approximate surface area is 136 Å². The molecule has 22 heavy (non-hydrogen) atoms. The van der Waals surface area contributed by atoms with Gasteiger partial charge in [0.2, 0.25) is 11.8 Å². The van der Waals surface area contributed by atoms with Gasteiger partial charge in [0.15, 0.2) is 5.13 Å². The zero-order valence-electron chi connectivity index (χ0n) is 11.7. The highest BCUT2D eigenvalue weighted by Gasteiger charge is 2.29. The molecule has 0 spiro atoms. The molecule has 7 heteroatoms. The highest BCUT2D eigenvalue weighted by Crippen LogP contribution is 2.30. The van der Waals surface area contributed by atoms with Crippen LogP contribution in [0.1, 0.15) is 12.8 Å². The molecule has 2 aromatic rings. The number of carbonyl (C=O) groups excluding carboxylic acids is 2. The van der Waals surface area contributed by atoms with E-state index in [4.69, 9.17) is 0 Å². The van der Waals surface area contributed by atoms with Crippen LogP contribution < -0.4 is 10.6 Å². The highest BCUT2D eigenvalue weighted by atomic mass is 32.2. The van der Waals surface area contributed by atoms with E-state index in [9.17, 15) is 9.59 Å². The van der Waals surface area contributed by atoms with Crippen LogP contribution in [0.2, 0.25) is 0 Å². The first-order valence-electron chi connectivity index (χ1n) is 6.94. The molecule has 1 aliphatic rings. The minimum absolute atomic E-state index is 0.0777. The molecule has 0 bridgehead atoms. The van der Waals surface area contributed by atoms with Crippen LogP contribution in [0.3, 0.4) is 0 Å². The number of amides is 2. The lowest BCUT2D eigenvalue weighted by Crippen LogP contribution is -2.14. The smallest absolute Gasteiger partial charge is 0.236 e. The molecular formula is C15H15N3O2S2. The van der Waals surface area contributed by atoms with E-state index in [0.717, 1.165) is 23.4 Å². The van der Waals surface area contributed by atoms with Crippen LogP contribution in [-0.4, -0.2) is 22.6 Å². The number of hydrogen-bond donors (Lipinski definition) is 2. The maximum Gasteiger partial charge on any atom is 0.236 e. The minimum Gasteiger partial charge on any atom is -0.326 e. The minimum atomic E-state index is -0.0777. The van der Waals surface area contributed by atoms with Gasteiger partial charge < -0.3 is 10.6 Å². The number of aromatic nitrogens is 1. The summed E-state index contributed by atoms with van der Waals surface area (Å²) in [5.41, 5.74) is 0.800. The van der Waals surface area contributed by atoms with Gasteiger partial charge in [0, 0.05) is 28.1 Å². The Morgan fingerprint density at radius 1 is 1.23 bits per heavy atom. The lowest BCUT2D eigenvalue weighted by atomic mass is 10.3. The number of nitrogens with one attached hydrogen (secondary N) is 2. The number of thioether (sulfide) groups is 1. The zero-order chi connectivity index (χ0) is 15.4. The standard InChI is InChI=1S/C15H15N3O2S2/c19-13(18-15-16-7-8-21-15)9-22-12-5-3-11(4-6-12)17-14(20)10-1-2-10/h3-8,10H,1-2,9H2,(H,17,20)(H,16,18,19). The second kappa shape index (κ2) is 6.93. The van der Waals surface area contributed by atoms with Crippen LogP contribution >= 0.6 is 23.1 Å². The van der Waals surface area contributed by atoms with Crippen molar-refractivity contribution in [1.29, 1.82) is 0 Å². The molecule has 0 saturated heterocycles. The second-order valence-electron chi connectivity index (χ2n) is 4.96. The Bertz CT molecular complexity index is 652. The molecule has 0 radical (unpaired) electrons. The average Bonchev–Trinajstić information content (AvgIpc) is 3.26. The van der Waals surface area contributed by atoms with E-state index in [1.54, 1.807) is 6.20 Å². The van der Waals surface area contributed by atoms with Gasteiger partial charge in [0.05, 0.1) is 5.75 Å². The quantitative estimate of drug-likeness (QED) is 0.796. The van der Waals surface area contributed by atoms with Crippen LogP contribution in [0.4, 0.5) is 10.8 Å². The maximum absolute atomic E-state index is 11.8. The molecular weight excluding hydrogens is 318 g/mol. The summed E-state index contributed by atoms with van der Waals surface area (Å²) in [6, 6.07) is 7.54. The van der Waals surface area contributed by atoms with Crippen molar-refractivity contribution in [1.82, 2.24) is 4.98 Å². The average molecular weight is 333 g/mol. The van der Waals surface area contributed by atoms with E-state index < -0.39 is 0 Å². The Balaban J connectivity index is 1.46. The third-order valence-corrected chi connectivity index (χ3v) is 4.82. The number of hydrogen-bond acceptors (Lipinski definition) is 5. The van der Waals surface area contributed by atoms with E-state index in [2.05, 4.69) is 15.6 Å². The van der Waals surface area contributed by atoms with Crippen molar-refractivity contribution in [2.75, 3.05) is 16.4 Å². The maximum atomic E-state index is 11.8. The van der Waals surface area contributed by atoms with Gasteiger partial charge in [-0.1, -0.05) is 0 Å². The summed E-state index contributed by atoms with van der Waals surface area (Å²) in [6.07, 6.45) is 3.64. The predicted molar refractivity (Wildman–Crippen MR) is 89.3 cm³/mol. The van der Waals surface area contributed by atoms with Crippen LogP contribution in [0.5, 0.6) is 0 Å². The van der Waals surface area contributed by atoms with Gasteiger partial charge in [0.1, 0.15) is 0 Å². The SMILES string of the molecule is O=C(CSc1ccc(NC(=O)C2CC2)cc1)Nc1nccs1. The molecule has 1 heterocycles. The number of rotatable bonds is 6. The van der Waals surface area contributed by atoms with E-state index in [0.29, 0.717) is 10.9 Å². The third-order valence-electron chi connectivity index (χ3n) is 3.12.